The predicted molar refractivity (Wildman–Crippen MR) is 29.6 cm³/mol. The molecule has 0 aliphatic heterocycles. The van der Waals surface area contributed by atoms with Crippen molar-refractivity contribution < 1.29 is 23.2 Å². The highest BCUT2D eigenvalue weighted by molar-refractivity contribution is 4.40. The Morgan fingerprint density at radius 3 is 2.40 bits per heavy atom. The molecule has 0 bridgehead atoms. The molecule has 0 saturated heterocycles. The van der Waals surface area contributed by atoms with Gasteiger partial charge in [0.15, 0.2) is 6.54 Å². The van der Waals surface area contributed by atoms with E-state index in [9.17, 15) is 13.2 Å². The van der Waals surface area contributed by atoms with Crippen molar-refractivity contribution in [2.75, 3.05) is 26.8 Å². The molecule has 0 atom stereocenters. The molecular formula is C5H11F3NO+. The summed E-state index contributed by atoms with van der Waals surface area (Å²) in [5.41, 5.74) is 0. The number of halogens is 3. The second-order valence-electron chi connectivity index (χ2n) is 1.89. The Balaban J connectivity index is 3.04. The molecule has 0 unspecified atom stereocenters. The van der Waals surface area contributed by atoms with E-state index in [1.54, 1.807) is 0 Å². The Morgan fingerprint density at radius 1 is 1.40 bits per heavy atom. The summed E-state index contributed by atoms with van der Waals surface area (Å²) in [6, 6.07) is 0. The number of ether oxygens (including phenoxy) is 1. The first-order chi connectivity index (χ1) is 4.56. The van der Waals surface area contributed by atoms with Crippen molar-refractivity contribution in [1.82, 2.24) is 0 Å². The highest BCUT2D eigenvalue weighted by Crippen LogP contribution is 2.09. The third-order valence-electron chi connectivity index (χ3n) is 0.902. The monoisotopic (exact) mass is 158 g/mol. The maximum Gasteiger partial charge on any atom is 0.438 e. The van der Waals surface area contributed by atoms with E-state index in [2.05, 4.69) is 4.74 Å². The van der Waals surface area contributed by atoms with E-state index in [0.717, 1.165) is 0 Å². The standard InChI is InChI=1S/C5H10F3NO/c1-10-3-2-9-4-5(6,7)8/h9H,2-4H2,1H3/p+1. The van der Waals surface area contributed by atoms with Gasteiger partial charge in [-0.25, -0.2) is 0 Å². The van der Waals surface area contributed by atoms with Gasteiger partial charge in [-0.1, -0.05) is 0 Å². The summed E-state index contributed by atoms with van der Waals surface area (Å²) in [7, 11) is 1.46. The van der Waals surface area contributed by atoms with Gasteiger partial charge >= 0.3 is 6.18 Å². The van der Waals surface area contributed by atoms with Crippen LogP contribution in [0.15, 0.2) is 0 Å². The number of hydrogen-bond donors (Lipinski definition) is 1. The second-order valence-corrected chi connectivity index (χ2v) is 1.89. The zero-order chi connectivity index (χ0) is 8.04. The molecule has 0 aromatic heterocycles. The molecule has 0 spiro atoms. The van der Waals surface area contributed by atoms with Gasteiger partial charge in [0.25, 0.3) is 0 Å². The predicted octanol–water partition coefficient (Wildman–Crippen LogP) is -0.241. The van der Waals surface area contributed by atoms with Gasteiger partial charge in [-0.05, 0) is 0 Å². The van der Waals surface area contributed by atoms with Crippen LogP contribution < -0.4 is 5.32 Å². The van der Waals surface area contributed by atoms with Gasteiger partial charge in [0.05, 0.1) is 13.2 Å². The Morgan fingerprint density at radius 2 is 2.00 bits per heavy atom. The van der Waals surface area contributed by atoms with Crippen LogP contribution in [0.4, 0.5) is 13.2 Å². The van der Waals surface area contributed by atoms with Crippen molar-refractivity contribution in [2.24, 2.45) is 0 Å². The Hall–Kier alpha value is -0.290. The van der Waals surface area contributed by atoms with Crippen LogP contribution in [-0.4, -0.2) is 33.0 Å². The zero-order valence-electron chi connectivity index (χ0n) is 5.74. The lowest BCUT2D eigenvalue weighted by Gasteiger charge is -2.03. The normalized spacial score (nSPS) is 12.0. The molecule has 0 saturated carbocycles. The van der Waals surface area contributed by atoms with Crippen LogP contribution in [0.1, 0.15) is 0 Å². The minimum atomic E-state index is -4.06. The molecule has 0 aromatic rings. The summed E-state index contributed by atoms with van der Waals surface area (Å²) in [4.78, 5) is 0. The lowest BCUT2D eigenvalue weighted by Crippen LogP contribution is -2.87. The first-order valence-electron chi connectivity index (χ1n) is 2.93. The van der Waals surface area contributed by atoms with Crippen LogP contribution in [0.2, 0.25) is 0 Å². The number of alkyl halides is 3. The van der Waals surface area contributed by atoms with Crippen molar-refractivity contribution in [2.45, 2.75) is 6.18 Å². The van der Waals surface area contributed by atoms with E-state index in [1.807, 2.05) is 0 Å². The first kappa shape index (κ1) is 9.71. The maximum atomic E-state index is 11.4. The summed E-state index contributed by atoms with van der Waals surface area (Å²) in [6.07, 6.45) is -4.06. The Labute approximate surface area is 57.4 Å². The largest absolute Gasteiger partial charge is 0.438 e. The number of hydrogen-bond acceptors (Lipinski definition) is 1. The van der Waals surface area contributed by atoms with Gasteiger partial charge in [-0.2, -0.15) is 13.2 Å². The summed E-state index contributed by atoms with van der Waals surface area (Å²) in [6.45, 7) is -0.109. The molecule has 0 heterocycles. The molecule has 62 valence electrons. The fourth-order valence-electron chi connectivity index (χ4n) is 0.467. The van der Waals surface area contributed by atoms with Crippen molar-refractivity contribution in [3.63, 3.8) is 0 Å². The highest BCUT2D eigenvalue weighted by atomic mass is 19.4. The van der Waals surface area contributed by atoms with E-state index in [1.165, 1.54) is 12.4 Å². The first-order valence-corrected chi connectivity index (χ1v) is 2.93. The van der Waals surface area contributed by atoms with E-state index < -0.39 is 12.7 Å². The van der Waals surface area contributed by atoms with E-state index in [0.29, 0.717) is 13.2 Å². The van der Waals surface area contributed by atoms with Gasteiger partial charge in [0.2, 0.25) is 0 Å². The van der Waals surface area contributed by atoms with Crippen molar-refractivity contribution >= 4 is 0 Å². The quantitative estimate of drug-likeness (QED) is 0.561. The van der Waals surface area contributed by atoms with Crippen molar-refractivity contribution in [3.8, 4) is 0 Å². The molecule has 2 N–H and O–H groups in total. The third-order valence-corrected chi connectivity index (χ3v) is 0.902. The summed E-state index contributed by atoms with van der Waals surface area (Å²) in [5, 5.41) is 1.17. The van der Waals surface area contributed by atoms with Crippen LogP contribution >= 0.6 is 0 Å². The average molecular weight is 158 g/mol. The van der Waals surface area contributed by atoms with Crippen LogP contribution in [0.3, 0.4) is 0 Å². The molecule has 0 fully saturated rings. The Kier molecular flexibility index (Phi) is 4.38. The lowest BCUT2D eigenvalue weighted by atomic mass is 10.6. The highest BCUT2D eigenvalue weighted by Gasteiger charge is 2.29. The van der Waals surface area contributed by atoms with E-state index >= 15 is 0 Å². The average Bonchev–Trinajstić information content (AvgIpc) is 1.78. The fraction of sp³-hybridized carbons (Fsp3) is 1.00. The van der Waals surface area contributed by atoms with Gasteiger partial charge in [-0.3, -0.25) is 0 Å². The number of rotatable bonds is 4. The second kappa shape index (κ2) is 4.51. The van der Waals surface area contributed by atoms with Crippen LogP contribution in [0, 0.1) is 0 Å². The summed E-state index contributed by atoms with van der Waals surface area (Å²) in [5.74, 6) is 0. The van der Waals surface area contributed by atoms with Gasteiger partial charge in [0, 0.05) is 7.11 Å². The molecule has 0 aromatic carbocycles. The Bertz CT molecular complexity index is 83.5. The molecule has 0 rings (SSSR count). The number of methoxy groups -OCH3 is 1. The molecule has 0 radical (unpaired) electrons. The van der Waals surface area contributed by atoms with Gasteiger partial charge < -0.3 is 10.1 Å². The summed E-state index contributed by atoms with van der Waals surface area (Å²) >= 11 is 0. The minimum absolute atomic E-state index is 0.357. The molecule has 2 nitrogen and oxygen atoms in total. The molecule has 0 aliphatic rings. The number of quaternary nitrogens is 1. The van der Waals surface area contributed by atoms with Crippen molar-refractivity contribution in [3.05, 3.63) is 0 Å². The van der Waals surface area contributed by atoms with Gasteiger partial charge in [0.1, 0.15) is 0 Å². The molecular weight excluding hydrogens is 147 g/mol. The van der Waals surface area contributed by atoms with Gasteiger partial charge in [-0.15, -0.1) is 0 Å². The van der Waals surface area contributed by atoms with E-state index in [-0.39, 0.29) is 0 Å². The van der Waals surface area contributed by atoms with Crippen LogP contribution in [-0.2, 0) is 4.74 Å². The van der Waals surface area contributed by atoms with E-state index in [4.69, 9.17) is 0 Å². The maximum absolute atomic E-state index is 11.4. The SMILES string of the molecule is COCC[NH2+]CC(F)(F)F. The van der Waals surface area contributed by atoms with Crippen molar-refractivity contribution in [1.29, 1.82) is 0 Å². The zero-order valence-corrected chi connectivity index (χ0v) is 5.74. The molecule has 10 heavy (non-hydrogen) atoms. The smallest absolute Gasteiger partial charge is 0.379 e. The summed E-state index contributed by atoms with van der Waals surface area (Å²) < 4.78 is 38.8. The molecule has 0 amide bonds. The van der Waals surface area contributed by atoms with Crippen LogP contribution in [0.5, 0.6) is 0 Å². The number of nitrogens with two attached hydrogens (primary N) is 1. The van der Waals surface area contributed by atoms with Crippen LogP contribution in [0.25, 0.3) is 0 Å². The fourth-order valence-corrected chi connectivity index (χ4v) is 0.467. The molecule has 5 heteroatoms. The topological polar surface area (TPSA) is 25.8 Å². The minimum Gasteiger partial charge on any atom is -0.379 e. The third kappa shape index (κ3) is 7.71. The molecule has 0 aliphatic carbocycles. The lowest BCUT2D eigenvalue weighted by molar-refractivity contribution is -0.677.